The topological polar surface area (TPSA) is 42.2 Å². The number of hydrogen-bond donors (Lipinski definition) is 1. The highest BCUT2D eigenvalue weighted by molar-refractivity contribution is 9.10. The molecule has 3 rings (SSSR count). The summed E-state index contributed by atoms with van der Waals surface area (Å²) in [6.07, 6.45) is 0. The Balaban J connectivity index is 1.80. The van der Waals surface area contributed by atoms with Crippen molar-refractivity contribution in [2.24, 2.45) is 0 Å². The van der Waals surface area contributed by atoms with Crippen LogP contribution in [-0.4, -0.2) is 5.91 Å². The van der Waals surface area contributed by atoms with Gasteiger partial charge in [-0.25, -0.2) is 0 Å². The van der Waals surface area contributed by atoms with Gasteiger partial charge in [0.25, 0.3) is 5.91 Å². The van der Waals surface area contributed by atoms with Crippen LogP contribution in [0.15, 0.2) is 74.0 Å². The molecule has 0 spiro atoms. The standard InChI is InChI=1S/C17H11Br2NO2/c18-12-7-5-11(6-8-12)15-9-10-16(22-15)17(21)20-14-4-2-1-3-13(14)19/h1-10H,(H,20,21). The number of benzene rings is 2. The molecular weight excluding hydrogens is 410 g/mol. The predicted octanol–water partition coefficient (Wildman–Crippen LogP) is 5.72. The fourth-order valence-corrected chi connectivity index (χ4v) is 2.62. The van der Waals surface area contributed by atoms with Gasteiger partial charge in [-0.3, -0.25) is 4.79 Å². The fourth-order valence-electron chi connectivity index (χ4n) is 1.98. The van der Waals surface area contributed by atoms with Gasteiger partial charge in [-0.2, -0.15) is 0 Å². The Hall–Kier alpha value is -1.85. The minimum Gasteiger partial charge on any atom is -0.451 e. The number of anilines is 1. The SMILES string of the molecule is O=C(Nc1ccccc1Br)c1ccc(-c2ccc(Br)cc2)o1. The molecule has 2 aromatic carbocycles. The molecule has 3 aromatic rings. The van der Waals surface area contributed by atoms with Crippen molar-refractivity contribution >= 4 is 43.5 Å². The number of halogens is 2. The number of nitrogens with one attached hydrogen (secondary N) is 1. The van der Waals surface area contributed by atoms with E-state index in [1.807, 2.05) is 48.5 Å². The van der Waals surface area contributed by atoms with Crippen LogP contribution in [-0.2, 0) is 0 Å². The number of para-hydroxylation sites is 1. The summed E-state index contributed by atoms with van der Waals surface area (Å²) in [6.45, 7) is 0. The smallest absolute Gasteiger partial charge is 0.291 e. The van der Waals surface area contributed by atoms with Crippen LogP contribution in [0.25, 0.3) is 11.3 Å². The zero-order valence-electron chi connectivity index (χ0n) is 11.3. The van der Waals surface area contributed by atoms with Crippen LogP contribution in [0.3, 0.4) is 0 Å². The molecule has 1 N–H and O–H groups in total. The van der Waals surface area contributed by atoms with Crippen molar-refractivity contribution in [1.82, 2.24) is 0 Å². The van der Waals surface area contributed by atoms with Crippen molar-refractivity contribution in [3.8, 4) is 11.3 Å². The highest BCUT2D eigenvalue weighted by atomic mass is 79.9. The molecule has 0 saturated heterocycles. The molecule has 22 heavy (non-hydrogen) atoms. The molecule has 0 aliphatic heterocycles. The Labute approximate surface area is 144 Å². The Morgan fingerprint density at radius 2 is 1.64 bits per heavy atom. The van der Waals surface area contributed by atoms with Crippen LogP contribution in [0.4, 0.5) is 5.69 Å². The number of furan rings is 1. The van der Waals surface area contributed by atoms with Crippen LogP contribution in [0, 0.1) is 0 Å². The number of carbonyl (C=O) groups is 1. The molecule has 1 aromatic heterocycles. The van der Waals surface area contributed by atoms with Crippen LogP contribution in [0.1, 0.15) is 10.6 Å². The maximum Gasteiger partial charge on any atom is 0.291 e. The van der Waals surface area contributed by atoms with Crippen LogP contribution in [0.2, 0.25) is 0 Å². The molecule has 3 nitrogen and oxygen atoms in total. The van der Waals surface area contributed by atoms with Gasteiger partial charge in [0.2, 0.25) is 0 Å². The second kappa shape index (κ2) is 6.50. The van der Waals surface area contributed by atoms with E-state index < -0.39 is 0 Å². The summed E-state index contributed by atoms with van der Waals surface area (Å²) in [5.74, 6) is 0.647. The number of hydrogen-bond acceptors (Lipinski definition) is 2. The molecule has 0 unspecified atom stereocenters. The summed E-state index contributed by atoms with van der Waals surface area (Å²) in [7, 11) is 0. The lowest BCUT2D eigenvalue weighted by molar-refractivity contribution is 0.0997. The van der Waals surface area contributed by atoms with Crippen molar-refractivity contribution < 1.29 is 9.21 Å². The second-order valence-electron chi connectivity index (χ2n) is 4.60. The average Bonchev–Trinajstić information content (AvgIpc) is 3.00. The van der Waals surface area contributed by atoms with E-state index in [1.54, 1.807) is 12.1 Å². The van der Waals surface area contributed by atoms with Gasteiger partial charge in [-0.05, 0) is 52.3 Å². The zero-order valence-corrected chi connectivity index (χ0v) is 14.5. The molecule has 0 bridgehead atoms. The lowest BCUT2D eigenvalue weighted by Crippen LogP contribution is -2.11. The van der Waals surface area contributed by atoms with Gasteiger partial charge >= 0.3 is 0 Å². The van der Waals surface area contributed by atoms with Crippen molar-refractivity contribution in [2.45, 2.75) is 0 Å². The molecule has 0 fully saturated rings. The molecule has 0 radical (unpaired) electrons. The molecule has 1 heterocycles. The van der Waals surface area contributed by atoms with Gasteiger partial charge in [-0.1, -0.05) is 40.2 Å². The third-order valence-corrected chi connectivity index (χ3v) is 4.30. The molecule has 5 heteroatoms. The first-order chi connectivity index (χ1) is 10.6. The molecule has 0 saturated carbocycles. The van der Waals surface area contributed by atoms with E-state index in [-0.39, 0.29) is 11.7 Å². The normalized spacial score (nSPS) is 10.5. The summed E-state index contributed by atoms with van der Waals surface area (Å²) >= 11 is 6.79. The lowest BCUT2D eigenvalue weighted by atomic mass is 10.2. The molecule has 1 amide bonds. The molecule has 110 valence electrons. The first-order valence-corrected chi connectivity index (χ1v) is 8.14. The minimum absolute atomic E-state index is 0.272. The largest absolute Gasteiger partial charge is 0.451 e. The Bertz CT molecular complexity index is 810. The quantitative estimate of drug-likeness (QED) is 0.588. The van der Waals surface area contributed by atoms with Crippen molar-refractivity contribution in [2.75, 3.05) is 5.32 Å². The number of carbonyl (C=O) groups excluding carboxylic acids is 1. The van der Waals surface area contributed by atoms with Crippen LogP contribution >= 0.6 is 31.9 Å². The van der Waals surface area contributed by atoms with Gasteiger partial charge in [0.1, 0.15) is 5.76 Å². The number of rotatable bonds is 3. The Morgan fingerprint density at radius 3 is 2.36 bits per heavy atom. The fraction of sp³-hybridized carbons (Fsp3) is 0. The molecule has 0 aliphatic carbocycles. The van der Waals surface area contributed by atoms with Crippen LogP contribution in [0.5, 0.6) is 0 Å². The Morgan fingerprint density at radius 1 is 0.909 bits per heavy atom. The van der Waals surface area contributed by atoms with Crippen LogP contribution < -0.4 is 5.32 Å². The summed E-state index contributed by atoms with van der Waals surface area (Å²) in [5.41, 5.74) is 1.62. The van der Waals surface area contributed by atoms with Gasteiger partial charge in [-0.15, -0.1) is 0 Å². The highest BCUT2D eigenvalue weighted by Crippen LogP contribution is 2.26. The van der Waals surface area contributed by atoms with E-state index in [1.165, 1.54) is 0 Å². The van der Waals surface area contributed by atoms with E-state index in [0.717, 1.165) is 14.5 Å². The first-order valence-electron chi connectivity index (χ1n) is 6.55. The Kier molecular flexibility index (Phi) is 4.45. The molecular formula is C17H11Br2NO2. The predicted molar refractivity (Wildman–Crippen MR) is 93.9 cm³/mol. The van der Waals surface area contributed by atoms with E-state index in [9.17, 15) is 4.79 Å². The van der Waals surface area contributed by atoms with Gasteiger partial charge in [0, 0.05) is 14.5 Å². The first kappa shape index (κ1) is 15.1. The van der Waals surface area contributed by atoms with Gasteiger partial charge in [0.15, 0.2) is 5.76 Å². The third-order valence-electron chi connectivity index (χ3n) is 3.08. The lowest BCUT2D eigenvalue weighted by Gasteiger charge is -2.05. The second-order valence-corrected chi connectivity index (χ2v) is 6.37. The van der Waals surface area contributed by atoms with Gasteiger partial charge < -0.3 is 9.73 Å². The highest BCUT2D eigenvalue weighted by Gasteiger charge is 2.13. The van der Waals surface area contributed by atoms with Crippen molar-refractivity contribution in [3.63, 3.8) is 0 Å². The summed E-state index contributed by atoms with van der Waals surface area (Å²) in [6, 6.07) is 18.6. The van der Waals surface area contributed by atoms with E-state index in [4.69, 9.17) is 4.42 Å². The van der Waals surface area contributed by atoms with Crippen molar-refractivity contribution in [1.29, 1.82) is 0 Å². The van der Waals surface area contributed by atoms with Crippen molar-refractivity contribution in [3.05, 3.63) is 75.4 Å². The summed E-state index contributed by atoms with van der Waals surface area (Å²) < 4.78 is 7.46. The molecule has 0 aliphatic rings. The van der Waals surface area contributed by atoms with E-state index in [0.29, 0.717) is 11.4 Å². The summed E-state index contributed by atoms with van der Waals surface area (Å²) in [4.78, 5) is 12.2. The maximum atomic E-state index is 12.2. The van der Waals surface area contributed by atoms with Gasteiger partial charge in [0.05, 0.1) is 5.69 Å². The zero-order chi connectivity index (χ0) is 15.5. The molecule has 0 atom stereocenters. The summed E-state index contributed by atoms with van der Waals surface area (Å²) in [5, 5.41) is 2.81. The van der Waals surface area contributed by atoms with E-state index in [2.05, 4.69) is 37.2 Å². The van der Waals surface area contributed by atoms with E-state index >= 15 is 0 Å². The minimum atomic E-state index is -0.282. The third kappa shape index (κ3) is 3.31. The number of amides is 1. The average molecular weight is 421 g/mol. The maximum absolute atomic E-state index is 12.2. The monoisotopic (exact) mass is 419 g/mol.